The first kappa shape index (κ1) is 12.2. The van der Waals surface area contributed by atoms with Crippen LogP contribution in [0.4, 0.5) is 0 Å². The van der Waals surface area contributed by atoms with Gasteiger partial charge in [-0.05, 0) is 19.9 Å². The minimum absolute atomic E-state index is 0.0542. The number of nitrogens with zero attached hydrogens (tertiary/aromatic N) is 1. The maximum Gasteiger partial charge on any atom is 0.232 e. The molecule has 1 saturated heterocycles. The van der Waals surface area contributed by atoms with Crippen LogP contribution >= 0.6 is 10.7 Å². The second-order valence-electron chi connectivity index (χ2n) is 3.56. The summed E-state index contributed by atoms with van der Waals surface area (Å²) in [4.78, 5) is 2.23. The number of morpholine rings is 1. The molecule has 14 heavy (non-hydrogen) atoms. The van der Waals surface area contributed by atoms with Crippen molar-refractivity contribution in [1.29, 1.82) is 0 Å². The molecular weight excluding hydrogens is 226 g/mol. The van der Waals surface area contributed by atoms with Gasteiger partial charge in [-0.1, -0.05) is 0 Å². The fourth-order valence-electron chi connectivity index (χ4n) is 1.53. The molecule has 1 rings (SSSR count). The van der Waals surface area contributed by atoms with Gasteiger partial charge in [-0.2, -0.15) is 0 Å². The second kappa shape index (κ2) is 5.30. The van der Waals surface area contributed by atoms with Crippen LogP contribution in [-0.2, 0) is 13.8 Å². The fourth-order valence-corrected chi connectivity index (χ4v) is 2.33. The fraction of sp³-hybridized carbons (Fsp3) is 1.00. The molecule has 1 aliphatic heterocycles. The average molecular weight is 242 g/mol. The largest absolute Gasteiger partial charge is 0.379 e. The van der Waals surface area contributed by atoms with Crippen molar-refractivity contribution >= 4 is 19.7 Å². The molecule has 0 radical (unpaired) electrons. The van der Waals surface area contributed by atoms with Crippen LogP contribution in [0, 0.1) is 0 Å². The van der Waals surface area contributed by atoms with E-state index in [0.29, 0.717) is 12.5 Å². The number of rotatable bonds is 4. The van der Waals surface area contributed by atoms with Gasteiger partial charge in [0, 0.05) is 23.3 Å². The van der Waals surface area contributed by atoms with Gasteiger partial charge in [0.15, 0.2) is 0 Å². The molecule has 1 atom stereocenters. The van der Waals surface area contributed by atoms with Crippen molar-refractivity contribution in [2.75, 3.05) is 32.1 Å². The predicted molar refractivity (Wildman–Crippen MR) is 56.1 cm³/mol. The molecule has 0 aromatic heterocycles. The van der Waals surface area contributed by atoms with Crippen LogP contribution in [0.25, 0.3) is 0 Å². The lowest BCUT2D eigenvalue weighted by molar-refractivity contribution is 0.00000907. The van der Waals surface area contributed by atoms with E-state index in [1.165, 1.54) is 0 Å². The van der Waals surface area contributed by atoms with E-state index in [1.54, 1.807) is 0 Å². The van der Waals surface area contributed by atoms with Gasteiger partial charge in [0.1, 0.15) is 0 Å². The van der Waals surface area contributed by atoms with Crippen LogP contribution in [0.5, 0.6) is 0 Å². The zero-order valence-corrected chi connectivity index (χ0v) is 9.85. The summed E-state index contributed by atoms with van der Waals surface area (Å²) in [7, 11) is 1.79. The van der Waals surface area contributed by atoms with E-state index in [2.05, 4.69) is 11.8 Å². The minimum atomic E-state index is -3.33. The third-order valence-corrected chi connectivity index (χ3v) is 3.58. The molecule has 0 aromatic carbocycles. The van der Waals surface area contributed by atoms with Crippen molar-refractivity contribution in [1.82, 2.24) is 4.90 Å². The van der Waals surface area contributed by atoms with E-state index >= 15 is 0 Å². The van der Waals surface area contributed by atoms with Crippen LogP contribution in [0.15, 0.2) is 0 Å². The monoisotopic (exact) mass is 241 g/mol. The number of hydrogen-bond donors (Lipinski definition) is 0. The summed E-state index contributed by atoms with van der Waals surface area (Å²) < 4.78 is 26.6. The molecule has 6 heteroatoms. The first-order chi connectivity index (χ1) is 6.49. The lowest BCUT2D eigenvalue weighted by Crippen LogP contribution is -2.44. The first-order valence-electron chi connectivity index (χ1n) is 4.73. The zero-order chi connectivity index (χ0) is 10.6. The van der Waals surface area contributed by atoms with Crippen molar-refractivity contribution in [3.05, 3.63) is 0 Å². The Bertz CT molecular complexity index is 268. The van der Waals surface area contributed by atoms with Crippen LogP contribution in [-0.4, -0.2) is 51.4 Å². The minimum Gasteiger partial charge on any atom is -0.379 e. The van der Waals surface area contributed by atoms with Crippen LogP contribution in [0.1, 0.15) is 13.3 Å². The number of halogens is 1. The van der Waals surface area contributed by atoms with Crippen molar-refractivity contribution in [3.63, 3.8) is 0 Å². The third-order valence-electron chi connectivity index (χ3n) is 2.34. The van der Waals surface area contributed by atoms with Gasteiger partial charge in [-0.15, -0.1) is 0 Å². The van der Waals surface area contributed by atoms with Gasteiger partial charge in [-0.25, -0.2) is 8.42 Å². The van der Waals surface area contributed by atoms with Crippen molar-refractivity contribution < 1.29 is 13.2 Å². The first-order valence-corrected chi connectivity index (χ1v) is 7.21. The van der Waals surface area contributed by atoms with Crippen molar-refractivity contribution in [2.24, 2.45) is 0 Å². The Morgan fingerprint density at radius 3 is 2.86 bits per heavy atom. The van der Waals surface area contributed by atoms with Crippen LogP contribution in [0.2, 0.25) is 0 Å². The molecule has 1 aliphatic rings. The Hall–Kier alpha value is 0.160. The highest BCUT2D eigenvalue weighted by molar-refractivity contribution is 8.13. The lowest BCUT2D eigenvalue weighted by atomic mass is 10.2. The van der Waals surface area contributed by atoms with Gasteiger partial charge < -0.3 is 4.74 Å². The van der Waals surface area contributed by atoms with E-state index < -0.39 is 9.05 Å². The standard InChI is InChI=1S/C8H16ClNO3S/c1-8-7-13-5-4-10(8)3-2-6-14(9,11)12/h8H,2-7H2,1H3. The number of ether oxygens (including phenoxy) is 1. The van der Waals surface area contributed by atoms with Gasteiger partial charge >= 0.3 is 0 Å². The lowest BCUT2D eigenvalue weighted by Gasteiger charge is -2.32. The summed E-state index contributed by atoms with van der Waals surface area (Å²) in [6.45, 7) is 5.19. The molecule has 1 unspecified atom stereocenters. The molecule has 0 amide bonds. The molecule has 1 fully saturated rings. The Labute approximate surface area is 89.6 Å². The Morgan fingerprint density at radius 2 is 2.29 bits per heavy atom. The summed E-state index contributed by atoms with van der Waals surface area (Å²) in [5.74, 6) is 0.0542. The molecule has 1 heterocycles. The molecule has 4 nitrogen and oxygen atoms in total. The quantitative estimate of drug-likeness (QED) is 0.679. The number of hydrogen-bond acceptors (Lipinski definition) is 4. The second-order valence-corrected chi connectivity index (χ2v) is 6.45. The van der Waals surface area contributed by atoms with Gasteiger partial charge in [0.05, 0.1) is 19.0 Å². The summed E-state index contributed by atoms with van der Waals surface area (Å²) in [5.41, 5.74) is 0. The third kappa shape index (κ3) is 4.59. The molecule has 0 aliphatic carbocycles. The van der Waals surface area contributed by atoms with Gasteiger partial charge in [0.25, 0.3) is 0 Å². The maximum absolute atomic E-state index is 10.7. The highest BCUT2D eigenvalue weighted by Gasteiger charge is 2.18. The molecule has 84 valence electrons. The SMILES string of the molecule is CC1COCCN1CCCS(=O)(=O)Cl. The molecule has 0 bridgehead atoms. The van der Waals surface area contributed by atoms with Crippen molar-refractivity contribution in [3.8, 4) is 0 Å². The highest BCUT2D eigenvalue weighted by Crippen LogP contribution is 2.08. The Morgan fingerprint density at radius 1 is 1.57 bits per heavy atom. The van der Waals surface area contributed by atoms with E-state index in [-0.39, 0.29) is 5.75 Å². The van der Waals surface area contributed by atoms with E-state index in [4.69, 9.17) is 15.4 Å². The van der Waals surface area contributed by atoms with E-state index in [0.717, 1.165) is 26.3 Å². The molecular formula is C8H16ClNO3S. The normalized spacial score (nSPS) is 25.1. The zero-order valence-electron chi connectivity index (χ0n) is 8.28. The highest BCUT2D eigenvalue weighted by atomic mass is 35.7. The topological polar surface area (TPSA) is 46.6 Å². The average Bonchev–Trinajstić information content (AvgIpc) is 2.06. The van der Waals surface area contributed by atoms with Crippen LogP contribution < -0.4 is 0 Å². The molecule has 0 N–H and O–H groups in total. The molecule has 0 saturated carbocycles. The molecule has 0 aromatic rings. The smallest absolute Gasteiger partial charge is 0.232 e. The van der Waals surface area contributed by atoms with E-state index in [1.807, 2.05) is 0 Å². The maximum atomic E-state index is 10.7. The van der Waals surface area contributed by atoms with E-state index in [9.17, 15) is 8.42 Å². The summed E-state index contributed by atoms with van der Waals surface area (Å²) in [6, 6.07) is 0.377. The summed E-state index contributed by atoms with van der Waals surface area (Å²) >= 11 is 0. The molecule has 0 spiro atoms. The Balaban J connectivity index is 2.23. The van der Waals surface area contributed by atoms with Crippen molar-refractivity contribution in [2.45, 2.75) is 19.4 Å². The summed E-state index contributed by atoms with van der Waals surface area (Å²) in [5, 5.41) is 0. The van der Waals surface area contributed by atoms with Crippen LogP contribution in [0.3, 0.4) is 0 Å². The summed E-state index contributed by atoms with van der Waals surface area (Å²) in [6.07, 6.45) is 0.593. The van der Waals surface area contributed by atoms with Gasteiger partial charge in [0.2, 0.25) is 9.05 Å². The van der Waals surface area contributed by atoms with Gasteiger partial charge in [-0.3, -0.25) is 4.90 Å². The predicted octanol–water partition coefficient (Wildman–Crippen LogP) is 0.666. The Kier molecular flexibility index (Phi) is 4.63.